The largest absolute Gasteiger partial charge is 0.489 e. The van der Waals surface area contributed by atoms with Gasteiger partial charge in [-0.3, -0.25) is 4.79 Å². The van der Waals surface area contributed by atoms with E-state index in [0.717, 1.165) is 11.3 Å². The number of hydrogen-bond donors (Lipinski definition) is 1. The van der Waals surface area contributed by atoms with Gasteiger partial charge in [-0.2, -0.15) is 0 Å². The number of rotatable bonds is 3. The summed E-state index contributed by atoms with van der Waals surface area (Å²) in [7, 11) is -4.04. The molecule has 1 amide bonds. The van der Waals surface area contributed by atoms with E-state index in [1.807, 2.05) is 6.92 Å². The molecule has 1 aliphatic rings. The Hall–Kier alpha value is -1.64. The average molecular weight is 387 g/mol. The van der Waals surface area contributed by atoms with E-state index in [1.54, 1.807) is 13.8 Å². The summed E-state index contributed by atoms with van der Waals surface area (Å²) in [6, 6.07) is 2.78. The maximum absolute atomic E-state index is 12.5. The highest BCUT2D eigenvalue weighted by molar-refractivity contribution is 7.90. The Morgan fingerprint density at radius 2 is 2.12 bits per heavy atom. The van der Waals surface area contributed by atoms with Crippen LogP contribution in [0.15, 0.2) is 17.0 Å². The second-order valence-electron chi connectivity index (χ2n) is 5.61. The summed E-state index contributed by atoms with van der Waals surface area (Å²) in [5.41, 5.74) is 1.21. The SMILES string of the molecule is Cc1nc(C)c(C(=O)NS(=O)(=O)c2cc(Cl)c3c(c2)CC(C)O3)s1. The van der Waals surface area contributed by atoms with E-state index in [2.05, 4.69) is 9.71 Å². The van der Waals surface area contributed by atoms with Gasteiger partial charge in [0.25, 0.3) is 15.9 Å². The van der Waals surface area contributed by atoms with Crippen molar-refractivity contribution in [1.82, 2.24) is 9.71 Å². The predicted molar refractivity (Wildman–Crippen MR) is 91.5 cm³/mol. The van der Waals surface area contributed by atoms with Gasteiger partial charge in [0.05, 0.1) is 20.6 Å². The number of nitrogens with zero attached hydrogens (tertiary/aromatic N) is 1. The van der Waals surface area contributed by atoms with Gasteiger partial charge in [0, 0.05) is 12.0 Å². The topological polar surface area (TPSA) is 85.4 Å². The lowest BCUT2D eigenvalue weighted by Crippen LogP contribution is -2.30. The fourth-order valence-electron chi connectivity index (χ4n) is 2.58. The third-order valence-electron chi connectivity index (χ3n) is 3.57. The van der Waals surface area contributed by atoms with E-state index in [0.29, 0.717) is 28.4 Å². The van der Waals surface area contributed by atoms with Crippen molar-refractivity contribution in [1.29, 1.82) is 0 Å². The molecule has 1 aliphatic heterocycles. The van der Waals surface area contributed by atoms with Crippen LogP contribution in [0.2, 0.25) is 5.02 Å². The van der Waals surface area contributed by atoms with Crippen LogP contribution in [0.25, 0.3) is 0 Å². The summed E-state index contributed by atoms with van der Waals surface area (Å²) in [6.45, 7) is 5.29. The van der Waals surface area contributed by atoms with Crippen molar-refractivity contribution in [3.05, 3.63) is 38.3 Å². The fourth-order valence-corrected chi connectivity index (χ4v) is 4.85. The first-order valence-corrected chi connectivity index (χ1v) is 9.85. The highest BCUT2D eigenvalue weighted by Crippen LogP contribution is 2.38. The summed E-state index contributed by atoms with van der Waals surface area (Å²) in [5, 5.41) is 0.913. The summed E-state index contributed by atoms with van der Waals surface area (Å²) >= 11 is 7.27. The van der Waals surface area contributed by atoms with Crippen LogP contribution in [0.5, 0.6) is 5.75 Å². The molecule has 1 atom stereocenters. The lowest BCUT2D eigenvalue weighted by molar-refractivity contribution is 0.0984. The standard InChI is InChI=1S/C15H15ClN2O4S2/c1-7-4-10-5-11(6-12(16)13(10)22-7)24(20,21)18-15(19)14-8(2)17-9(3)23-14/h5-7H,4H2,1-3H3,(H,18,19). The third kappa shape index (κ3) is 3.13. The first kappa shape index (κ1) is 17.2. The Labute approximate surface area is 148 Å². The molecule has 1 aromatic heterocycles. The molecule has 1 aromatic carbocycles. The molecule has 2 aromatic rings. The van der Waals surface area contributed by atoms with Gasteiger partial charge in [0.15, 0.2) is 0 Å². The average Bonchev–Trinajstić information content (AvgIpc) is 3.00. The molecule has 0 saturated carbocycles. The number of hydrogen-bond acceptors (Lipinski definition) is 6. The number of halogens is 1. The smallest absolute Gasteiger partial charge is 0.276 e. The molecule has 2 heterocycles. The Kier molecular flexibility index (Phi) is 4.31. The number of fused-ring (bicyclic) bond motifs is 1. The molecule has 0 spiro atoms. The van der Waals surface area contributed by atoms with Crippen molar-refractivity contribution < 1.29 is 17.9 Å². The summed E-state index contributed by atoms with van der Waals surface area (Å²) in [6.07, 6.45) is 0.507. The summed E-state index contributed by atoms with van der Waals surface area (Å²) in [5.74, 6) is -0.192. The number of thiazole rings is 1. The lowest BCUT2D eigenvalue weighted by atomic mass is 10.1. The van der Waals surface area contributed by atoms with Crippen LogP contribution in [-0.2, 0) is 16.4 Å². The predicted octanol–water partition coefficient (Wildman–Crippen LogP) is 2.86. The van der Waals surface area contributed by atoms with Gasteiger partial charge in [0.2, 0.25) is 0 Å². The summed E-state index contributed by atoms with van der Waals surface area (Å²) < 4.78 is 32.7. The van der Waals surface area contributed by atoms with E-state index in [4.69, 9.17) is 16.3 Å². The van der Waals surface area contributed by atoms with Crippen LogP contribution in [0.4, 0.5) is 0 Å². The number of amides is 1. The highest BCUT2D eigenvalue weighted by atomic mass is 35.5. The van der Waals surface area contributed by atoms with Gasteiger partial charge < -0.3 is 4.74 Å². The van der Waals surface area contributed by atoms with Crippen LogP contribution in [0.1, 0.15) is 32.9 Å². The molecule has 0 bridgehead atoms. The van der Waals surface area contributed by atoms with E-state index in [1.165, 1.54) is 12.1 Å². The van der Waals surface area contributed by atoms with Crippen molar-refractivity contribution in [2.45, 2.75) is 38.2 Å². The zero-order valence-corrected chi connectivity index (χ0v) is 15.6. The second kappa shape index (κ2) is 6.02. The van der Waals surface area contributed by atoms with Crippen molar-refractivity contribution in [2.24, 2.45) is 0 Å². The number of aryl methyl sites for hydroxylation is 2. The Morgan fingerprint density at radius 1 is 1.42 bits per heavy atom. The van der Waals surface area contributed by atoms with Gasteiger partial charge in [-0.25, -0.2) is 18.1 Å². The first-order chi connectivity index (χ1) is 11.2. The Bertz CT molecular complexity index is 937. The van der Waals surface area contributed by atoms with Crippen molar-refractivity contribution in [2.75, 3.05) is 0 Å². The number of nitrogens with one attached hydrogen (secondary N) is 1. The zero-order valence-electron chi connectivity index (χ0n) is 13.2. The van der Waals surface area contributed by atoms with Crippen molar-refractivity contribution >= 4 is 38.9 Å². The van der Waals surface area contributed by atoms with Gasteiger partial charge in [-0.05, 0) is 32.9 Å². The van der Waals surface area contributed by atoms with Gasteiger partial charge in [-0.15, -0.1) is 11.3 Å². The molecular weight excluding hydrogens is 372 g/mol. The molecule has 3 rings (SSSR count). The highest BCUT2D eigenvalue weighted by Gasteiger charge is 2.27. The number of benzene rings is 1. The number of carbonyl (C=O) groups excluding carboxylic acids is 1. The molecule has 24 heavy (non-hydrogen) atoms. The van der Waals surface area contributed by atoms with Crippen LogP contribution in [0, 0.1) is 13.8 Å². The molecule has 1 N–H and O–H groups in total. The van der Waals surface area contributed by atoms with Crippen molar-refractivity contribution in [3.63, 3.8) is 0 Å². The molecule has 6 nitrogen and oxygen atoms in total. The normalized spacial score (nSPS) is 16.6. The first-order valence-electron chi connectivity index (χ1n) is 7.17. The van der Waals surface area contributed by atoms with Gasteiger partial charge >= 0.3 is 0 Å². The lowest BCUT2D eigenvalue weighted by Gasteiger charge is -2.09. The van der Waals surface area contributed by atoms with E-state index in [9.17, 15) is 13.2 Å². The maximum atomic E-state index is 12.5. The summed E-state index contributed by atoms with van der Waals surface area (Å²) in [4.78, 5) is 16.6. The van der Waals surface area contributed by atoms with Crippen molar-refractivity contribution in [3.8, 4) is 5.75 Å². The number of sulfonamides is 1. The molecule has 0 fully saturated rings. The minimum absolute atomic E-state index is 0.0591. The molecule has 1 unspecified atom stereocenters. The van der Waals surface area contributed by atoms with Crippen LogP contribution >= 0.6 is 22.9 Å². The van der Waals surface area contributed by atoms with E-state index >= 15 is 0 Å². The molecule has 0 radical (unpaired) electrons. The number of ether oxygens (including phenoxy) is 1. The van der Waals surface area contributed by atoms with Gasteiger partial charge in [-0.1, -0.05) is 11.6 Å². The number of aromatic nitrogens is 1. The Balaban J connectivity index is 1.92. The molecule has 0 saturated heterocycles. The quantitative estimate of drug-likeness (QED) is 0.876. The minimum atomic E-state index is -4.04. The van der Waals surface area contributed by atoms with Crippen LogP contribution in [-0.4, -0.2) is 25.4 Å². The third-order valence-corrected chi connectivity index (χ3v) is 6.23. The second-order valence-corrected chi connectivity index (χ2v) is 8.90. The maximum Gasteiger partial charge on any atom is 0.276 e. The van der Waals surface area contributed by atoms with Crippen LogP contribution in [0.3, 0.4) is 0 Å². The molecular formula is C15H15ClN2O4S2. The Morgan fingerprint density at radius 3 is 2.75 bits per heavy atom. The van der Waals surface area contributed by atoms with Crippen LogP contribution < -0.4 is 9.46 Å². The molecule has 0 aliphatic carbocycles. The monoisotopic (exact) mass is 386 g/mol. The molecule has 9 heteroatoms. The minimum Gasteiger partial charge on any atom is -0.489 e. The van der Waals surface area contributed by atoms with Gasteiger partial charge in [0.1, 0.15) is 16.7 Å². The zero-order chi connectivity index (χ0) is 17.6. The molecule has 128 valence electrons. The van der Waals surface area contributed by atoms with E-state index < -0.39 is 15.9 Å². The number of carbonyl (C=O) groups is 1. The fraction of sp³-hybridized carbons (Fsp3) is 0.333. The van der Waals surface area contributed by atoms with E-state index in [-0.39, 0.29) is 20.9 Å².